The number of ether oxygens (including phenoxy) is 3. The Morgan fingerprint density at radius 1 is 1.00 bits per heavy atom. The zero-order valence-corrected chi connectivity index (χ0v) is 22.6. The third kappa shape index (κ3) is 5.09. The third-order valence-electron chi connectivity index (χ3n) is 6.34. The summed E-state index contributed by atoms with van der Waals surface area (Å²) < 4.78 is 17.0. The van der Waals surface area contributed by atoms with Crippen LogP contribution >= 0.6 is 0 Å². The lowest BCUT2D eigenvalue weighted by atomic mass is 9.94. The molecule has 7 nitrogen and oxygen atoms in total. The molecule has 0 aromatic heterocycles. The predicted octanol–water partition coefficient (Wildman–Crippen LogP) is 6.12. The first-order chi connectivity index (χ1) is 18.2. The standard InChI is InChI=1S/C31H33NO6/c1-7-37-26-17-21(12-14-25(26)36-6)28-27(29(33)22-9-8-10-23(16-22)38-18(2)3)30(34)31(35)32(28)24-13-11-19(4)15-20(24)5/h8-18,28,33H,7H2,1-6H3/b29-27+. The second kappa shape index (κ2) is 11.0. The van der Waals surface area contributed by atoms with Crippen LogP contribution in [0.25, 0.3) is 5.76 Å². The van der Waals surface area contributed by atoms with Crippen molar-refractivity contribution in [2.45, 2.75) is 46.8 Å². The Balaban J connectivity index is 1.96. The number of carbonyl (C=O) groups excluding carboxylic acids is 2. The molecule has 0 aliphatic carbocycles. The Hall–Kier alpha value is -4.26. The van der Waals surface area contributed by atoms with Gasteiger partial charge in [-0.1, -0.05) is 35.9 Å². The summed E-state index contributed by atoms with van der Waals surface area (Å²) in [7, 11) is 1.55. The second-order valence-electron chi connectivity index (χ2n) is 9.50. The highest BCUT2D eigenvalue weighted by atomic mass is 16.5. The van der Waals surface area contributed by atoms with E-state index in [-0.39, 0.29) is 17.4 Å². The first kappa shape index (κ1) is 26.8. The number of nitrogens with zero attached hydrogens (tertiary/aromatic N) is 1. The number of ketones is 1. The minimum absolute atomic E-state index is 0.00992. The topological polar surface area (TPSA) is 85.3 Å². The van der Waals surface area contributed by atoms with E-state index in [1.807, 2.05) is 52.8 Å². The summed E-state index contributed by atoms with van der Waals surface area (Å²) in [6.07, 6.45) is -0.0706. The molecule has 1 aliphatic rings. The summed E-state index contributed by atoms with van der Waals surface area (Å²) in [6.45, 7) is 9.93. The fraction of sp³-hybridized carbons (Fsp3) is 0.290. The average molecular weight is 516 g/mol. The van der Waals surface area contributed by atoms with Crippen molar-refractivity contribution in [2.75, 3.05) is 18.6 Å². The Morgan fingerprint density at radius 3 is 2.42 bits per heavy atom. The summed E-state index contributed by atoms with van der Waals surface area (Å²) in [6, 6.07) is 16.9. The molecule has 1 heterocycles. The molecule has 198 valence electrons. The summed E-state index contributed by atoms with van der Waals surface area (Å²) >= 11 is 0. The highest BCUT2D eigenvalue weighted by Gasteiger charge is 2.47. The molecule has 4 rings (SSSR count). The Morgan fingerprint density at radius 2 is 1.76 bits per heavy atom. The highest BCUT2D eigenvalue weighted by Crippen LogP contribution is 2.45. The minimum Gasteiger partial charge on any atom is -0.507 e. The molecule has 1 saturated heterocycles. The minimum atomic E-state index is -0.892. The van der Waals surface area contributed by atoms with Gasteiger partial charge in [-0.25, -0.2) is 0 Å². The zero-order valence-electron chi connectivity index (χ0n) is 22.6. The highest BCUT2D eigenvalue weighted by molar-refractivity contribution is 6.51. The second-order valence-corrected chi connectivity index (χ2v) is 9.50. The molecule has 3 aromatic rings. The van der Waals surface area contributed by atoms with Crippen molar-refractivity contribution in [3.63, 3.8) is 0 Å². The molecule has 0 saturated carbocycles. The molecular formula is C31H33NO6. The van der Waals surface area contributed by atoms with Crippen LogP contribution in [0.5, 0.6) is 17.2 Å². The lowest BCUT2D eigenvalue weighted by Gasteiger charge is -2.27. The van der Waals surface area contributed by atoms with Crippen LogP contribution in [0, 0.1) is 13.8 Å². The number of hydrogen-bond acceptors (Lipinski definition) is 6. The van der Waals surface area contributed by atoms with E-state index < -0.39 is 17.7 Å². The Labute approximate surface area is 223 Å². The van der Waals surface area contributed by atoms with E-state index in [0.29, 0.717) is 40.7 Å². The van der Waals surface area contributed by atoms with Crippen LogP contribution in [0.2, 0.25) is 0 Å². The fourth-order valence-electron chi connectivity index (χ4n) is 4.75. The van der Waals surface area contributed by atoms with E-state index in [9.17, 15) is 14.7 Å². The van der Waals surface area contributed by atoms with Crippen LogP contribution in [0.3, 0.4) is 0 Å². The van der Waals surface area contributed by atoms with Crippen molar-refractivity contribution in [2.24, 2.45) is 0 Å². The van der Waals surface area contributed by atoms with Gasteiger partial charge in [0, 0.05) is 11.3 Å². The first-order valence-electron chi connectivity index (χ1n) is 12.6. The van der Waals surface area contributed by atoms with Gasteiger partial charge in [-0.3, -0.25) is 14.5 Å². The maximum absolute atomic E-state index is 13.6. The Kier molecular flexibility index (Phi) is 7.76. The molecule has 1 amide bonds. The van der Waals surface area contributed by atoms with Crippen LogP contribution in [0.1, 0.15) is 49.1 Å². The number of aryl methyl sites for hydroxylation is 2. The molecule has 1 unspecified atom stereocenters. The zero-order chi connectivity index (χ0) is 27.6. The number of hydrogen-bond donors (Lipinski definition) is 1. The number of aliphatic hydroxyl groups excluding tert-OH is 1. The van der Waals surface area contributed by atoms with Gasteiger partial charge >= 0.3 is 0 Å². The number of methoxy groups -OCH3 is 1. The Bertz CT molecular complexity index is 1410. The molecule has 1 aliphatic heterocycles. The number of Topliss-reactive ketones (excluding diaryl/α,β-unsaturated/α-hetero) is 1. The largest absolute Gasteiger partial charge is 0.507 e. The van der Waals surface area contributed by atoms with Gasteiger partial charge in [-0.15, -0.1) is 0 Å². The SMILES string of the molecule is CCOc1cc(C2/C(=C(\O)c3cccc(OC(C)C)c3)C(=O)C(=O)N2c2ccc(C)cc2C)ccc1OC. The van der Waals surface area contributed by atoms with Gasteiger partial charge in [0.1, 0.15) is 11.5 Å². The molecule has 7 heteroatoms. The van der Waals surface area contributed by atoms with Crippen molar-refractivity contribution in [1.29, 1.82) is 0 Å². The fourth-order valence-corrected chi connectivity index (χ4v) is 4.75. The predicted molar refractivity (Wildman–Crippen MR) is 147 cm³/mol. The monoisotopic (exact) mass is 515 g/mol. The van der Waals surface area contributed by atoms with E-state index in [4.69, 9.17) is 14.2 Å². The lowest BCUT2D eigenvalue weighted by Crippen LogP contribution is -2.30. The van der Waals surface area contributed by atoms with Crippen molar-refractivity contribution in [1.82, 2.24) is 0 Å². The van der Waals surface area contributed by atoms with Gasteiger partial charge in [0.05, 0.1) is 31.4 Å². The van der Waals surface area contributed by atoms with Crippen LogP contribution < -0.4 is 19.1 Å². The smallest absolute Gasteiger partial charge is 0.300 e. The van der Waals surface area contributed by atoms with Crippen LogP contribution in [0.4, 0.5) is 5.69 Å². The number of amides is 1. The van der Waals surface area contributed by atoms with Gasteiger partial charge in [-0.05, 0) is 76.1 Å². The van der Waals surface area contributed by atoms with Gasteiger partial charge in [0.2, 0.25) is 0 Å². The maximum Gasteiger partial charge on any atom is 0.300 e. The number of carbonyl (C=O) groups is 2. The number of anilines is 1. The van der Waals surface area contributed by atoms with E-state index in [0.717, 1.165) is 11.1 Å². The van der Waals surface area contributed by atoms with Crippen molar-refractivity contribution >= 4 is 23.1 Å². The molecule has 1 N–H and O–H groups in total. The van der Waals surface area contributed by atoms with Crippen molar-refractivity contribution in [3.05, 3.63) is 88.5 Å². The summed E-state index contributed by atoms with van der Waals surface area (Å²) in [4.78, 5) is 28.6. The van der Waals surface area contributed by atoms with E-state index in [2.05, 4.69) is 0 Å². The summed E-state index contributed by atoms with van der Waals surface area (Å²) in [5, 5.41) is 11.5. The van der Waals surface area contributed by atoms with Crippen LogP contribution in [-0.2, 0) is 9.59 Å². The van der Waals surface area contributed by atoms with Crippen LogP contribution in [-0.4, -0.2) is 36.6 Å². The number of benzene rings is 3. The third-order valence-corrected chi connectivity index (χ3v) is 6.34. The average Bonchev–Trinajstić information content (AvgIpc) is 3.13. The molecular weight excluding hydrogens is 482 g/mol. The molecule has 1 atom stereocenters. The normalized spacial score (nSPS) is 16.7. The van der Waals surface area contributed by atoms with Crippen molar-refractivity contribution < 1.29 is 28.9 Å². The van der Waals surface area contributed by atoms with Gasteiger partial charge in [0.15, 0.2) is 11.5 Å². The number of rotatable bonds is 8. The molecule has 38 heavy (non-hydrogen) atoms. The molecule has 0 radical (unpaired) electrons. The van der Waals surface area contributed by atoms with E-state index in [1.54, 1.807) is 49.6 Å². The quantitative estimate of drug-likeness (QED) is 0.221. The van der Waals surface area contributed by atoms with Gasteiger partial charge < -0.3 is 19.3 Å². The van der Waals surface area contributed by atoms with Crippen molar-refractivity contribution in [3.8, 4) is 17.2 Å². The molecule has 0 spiro atoms. The van der Waals surface area contributed by atoms with E-state index in [1.165, 1.54) is 4.90 Å². The summed E-state index contributed by atoms with van der Waals surface area (Å²) in [5.41, 5.74) is 3.43. The molecule has 0 bridgehead atoms. The first-order valence-corrected chi connectivity index (χ1v) is 12.6. The molecule has 3 aromatic carbocycles. The summed E-state index contributed by atoms with van der Waals surface area (Å²) in [5.74, 6) is -0.206. The lowest BCUT2D eigenvalue weighted by molar-refractivity contribution is -0.132. The maximum atomic E-state index is 13.6. The van der Waals surface area contributed by atoms with E-state index >= 15 is 0 Å². The van der Waals surface area contributed by atoms with Gasteiger partial charge in [0.25, 0.3) is 11.7 Å². The van der Waals surface area contributed by atoms with Gasteiger partial charge in [-0.2, -0.15) is 0 Å². The number of aliphatic hydroxyl groups is 1. The molecule has 1 fully saturated rings. The van der Waals surface area contributed by atoms with Crippen LogP contribution in [0.15, 0.2) is 66.2 Å².